The van der Waals surface area contributed by atoms with Crippen molar-refractivity contribution in [1.29, 1.82) is 0 Å². The van der Waals surface area contributed by atoms with Gasteiger partial charge in [-0.15, -0.1) is 10.2 Å². The van der Waals surface area contributed by atoms with Crippen molar-refractivity contribution in [3.8, 4) is 0 Å². The largest absolute Gasteiger partial charge is 0.355 e. The van der Waals surface area contributed by atoms with Gasteiger partial charge in [0.25, 0.3) is 0 Å². The van der Waals surface area contributed by atoms with Crippen molar-refractivity contribution >= 4 is 17.7 Å². The van der Waals surface area contributed by atoms with E-state index in [4.69, 9.17) is 0 Å². The maximum absolute atomic E-state index is 12.0. The second kappa shape index (κ2) is 7.99. The molecule has 1 fully saturated rings. The number of aryl methyl sites for hydroxylation is 1. The van der Waals surface area contributed by atoms with Gasteiger partial charge in [0.05, 0.1) is 5.75 Å². The molecule has 1 aromatic heterocycles. The third-order valence-corrected chi connectivity index (χ3v) is 5.69. The molecule has 0 spiro atoms. The first-order chi connectivity index (χ1) is 10.8. The molecule has 22 heavy (non-hydrogen) atoms. The lowest BCUT2D eigenvalue weighted by Gasteiger charge is -2.21. The predicted molar refractivity (Wildman–Crippen MR) is 87.9 cm³/mol. The molecule has 1 aromatic rings. The molecule has 0 unspecified atom stereocenters. The molecule has 2 heterocycles. The quantitative estimate of drug-likeness (QED) is 0.847. The van der Waals surface area contributed by atoms with Crippen LogP contribution in [0.2, 0.25) is 0 Å². The van der Waals surface area contributed by atoms with Gasteiger partial charge >= 0.3 is 0 Å². The summed E-state index contributed by atoms with van der Waals surface area (Å²) in [5.74, 6) is 2.35. The van der Waals surface area contributed by atoms with E-state index in [1.165, 1.54) is 63.1 Å². The Morgan fingerprint density at radius 1 is 1.14 bits per heavy atom. The molecule has 0 saturated heterocycles. The Bertz CT molecular complexity index is 496. The summed E-state index contributed by atoms with van der Waals surface area (Å²) in [6.45, 7) is 1.84. The third-order valence-electron chi connectivity index (χ3n) is 4.72. The number of thioether (sulfide) groups is 1. The van der Waals surface area contributed by atoms with Crippen LogP contribution in [0.15, 0.2) is 5.16 Å². The van der Waals surface area contributed by atoms with Crippen LogP contribution in [0.3, 0.4) is 0 Å². The number of carbonyl (C=O) groups excluding carboxylic acids is 1. The summed E-state index contributed by atoms with van der Waals surface area (Å²) in [6.07, 6.45) is 11.2. The molecule has 1 amide bonds. The number of aromatic nitrogens is 3. The van der Waals surface area contributed by atoms with Gasteiger partial charge in [0.2, 0.25) is 5.91 Å². The molecule has 2 aliphatic rings. The lowest BCUT2D eigenvalue weighted by molar-refractivity contribution is -0.118. The molecule has 1 aliphatic carbocycles. The SMILES string of the molecule is O=C(CSc1nnc2n1CCCCC2)NCC1CCCCC1. The molecule has 3 rings (SSSR count). The fourth-order valence-electron chi connectivity index (χ4n) is 3.40. The van der Waals surface area contributed by atoms with E-state index in [-0.39, 0.29) is 5.91 Å². The number of amides is 1. The van der Waals surface area contributed by atoms with Gasteiger partial charge in [-0.05, 0) is 31.6 Å². The van der Waals surface area contributed by atoms with E-state index >= 15 is 0 Å². The molecule has 0 bridgehead atoms. The summed E-state index contributed by atoms with van der Waals surface area (Å²) < 4.78 is 2.20. The Morgan fingerprint density at radius 2 is 1.95 bits per heavy atom. The highest BCUT2D eigenvalue weighted by molar-refractivity contribution is 7.99. The maximum atomic E-state index is 12.0. The number of hydrogen-bond acceptors (Lipinski definition) is 4. The van der Waals surface area contributed by atoms with Crippen LogP contribution in [-0.2, 0) is 17.8 Å². The van der Waals surface area contributed by atoms with Crippen molar-refractivity contribution in [2.45, 2.75) is 69.5 Å². The minimum atomic E-state index is 0.126. The molecule has 0 atom stereocenters. The highest BCUT2D eigenvalue weighted by Gasteiger charge is 2.17. The first-order valence-electron chi connectivity index (χ1n) is 8.64. The molecule has 5 nitrogen and oxygen atoms in total. The summed E-state index contributed by atoms with van der Waals surface area (Å²) in [7, 11) is 0. The van der Waals surface area contributed by atoms with E-state index in [1.54, 1.807) is 0 Å². The monoisotopic (exact) mass is 322 g/mol. The molecule has 1 saturated carbocycles. The summed E-state index contributed by atoms with van der Waals surface area (Å²) >= 11 is 1.52. The lowest BCUT2D eigenvalue weighted by atomic mass is 9.89. The highest BCUT2D eigenvalue weighted by Crippen LogP contribution is 2.23. The third kappa shape index (κ3) is 4.24. The van der Waals surface area contributed by atoms with Crippen LogP contribution in [0.1, 0.15) is 57.2 Å². The number of rotatable bonds is 5. The summed E-state index contributed by atoms with van der Waals surface area (Å²) in [6, 6.07) is 0. The van der Waals surface area contributed by atoms with E-state index in [1.807, 2.05) is 0 Å². The van der Waals surface area contributed by atoms with Crippen molar-refractivity contribution in [1.82, 2.24) is 20.1 Å². The smallest absolute Gasteiger partial charge is 0.230 e. The first-order valence-corrected chi connectivity index (χ1v) is 9.63. The number of nitrogens with zero attached hydrogens (tertiary/aromatic N) is 3. The average molecular weight is 322 g/mol. The number of nitrogens with one attached hydrogen (secondary N) is 1. The average Bonchev–Trinajstić information content (AvgIpc) is 2.78. The molecule has 1 aliphatic heterocycles. The van der Waals surface area contributed by atoms with Crippen LogP contribution in [0, 0.1) is 5.92 Å². The Kier molecular flexibility index (Phi) is 5.76. The molecule has 122 valence electrons. The van der Waals surface area contributed by atoms with Crippen molar-refractivity contribution < 1.29 is 4.79 Å². The van der Waals surface area contributed by atoms with Crippen LogP contribution in [0.5, 0.6) is 0 Å². The Hall–Kier alpha value is -1.04. The molecule has 0 aromatic carbocycles. The number of carbonyl (C=O) groups is 1. The topological polar surface area (TPSA) is 59.8 Å². The molecule has 1 N–H and O–H groups in total. The van der Waals surface area contributed by atoms with Crippen LogP contribution in [0.4, 0.5) is 0 Å². The van der Waals surface area contributed by atoms with Crippen molar-refractivity contribution in [3.63, 3.8) is 0 Å². The van der Waals surface area contributed by atoms with E-state index in [9.17, 15) is 4.79 Å². The number of hydrogen-bond donors (Lipinski definition) is 1. The van der Waals surface area contributed by atoms with Crippen molar-refractivity contribution in [2.75, 3.05) is 12.3 Å². The van der Waals surface area contributed by atoms with Crippen LogP contribution in [0.25, 0.3) is 0 Å². The minimum absolute atomic E-state index is 0.126. The molecular weight excluding hydrogens is 296 g/mol. The fraction of sp³-hybridized carbons (Fsp3) is 0.812. The zero-order valence-corrected chi connectivity index (χ0v) is 14.0. The van der Waals surface area contributed by atoms with E-state index in [0.717, 1.165) is 30.5 Å². The van der Waals surface area contributed by atoms with Crippen LogP contribution in [-0.4, -0.2) is 33.0 Å². The Labute approximate surface area is 136 Å². The van der Waals surface area contributed by atoms with Crippen molar-refractivity contribution in [3.05, 3.63) is 5.82 Å². The maximum Gasteiger partial charge on any atom is 0.230 e. The fourth-order valence-corrected chi connectivity index (χ4v) is 4.21. The lowest BCUT2D eigenvalue weighted by Crippen LogP contribution is -2.31. The molecule has 0 radical (unpaired) electrons. The normalized spacial score (nSPS) is 19.5. The second-order valence-corrected chi connectivity index (χ2v) is 7.40. The Morgan fingerprint density at radius 3 is 2.82 bits per heavy atom. The van der Waals surface area contributed by atoms with Gasteiger partial charge in [-0.1, -0.05) is 37.4 Å². The zero-order valence-electron chi connectivity index (χ0n) is 13.2. The molecule has 6 heteroatoms. The first kappa shape index (κ1) is 15.8. The van der Waals surface area contributed by atoms with Crippen molar-refractivity contribution in [2.24, 2.45) is 5.92 Å². The van der Waals surface area contributed by atoms with Gasteiger partial charge in [-0.25, -0.2) is 0 Å². The predicted octanol–water partition coefficient (Wildman–Crippen LogP) is 2.79. The zero-order chi connectivity index (χ0) is 15.2. The van der Waals surface area contributed by atoms with Gasteiger partial charge in [-0.2, -0.15) is 0 Å². The standard InChI is InChI=1S/C16H26N4OS/c21-15(17-11-13-7-3-1-4-8-13)12-22-16-19-18-14-9-5-2-6-10-20(14)16/h13H,1-12H2,(H,17,21). The van der Waals surface area contributed by atoms with E-state index < -0.39 is 0 Å². The summed E-state index contributed by atoms with van der Waals surface area (Å²) in [5, 5.41) is 12.5. The van der Waals surface area contributed by atoms with Gasteiger partial charge in [-0.3, -0.25) is 4.79 Å². The molecular formula is C16H26N4OS. The van der Waals surface area contributed by atoms with Gasteiger partial charge < -0.3 is 9.88 Å². The second-order valence-electron chi connectivity index (χ2n) is 6.46. The highest BCUT2D eigenvalue weighted by atomic mass is 32.2. The number of fused-ring (bicyclic) bond motifs is 1. The summed E-state index contributed by atoms with van der Waals surface area (Å²) in [5.41, 5.74) is 0. The Balaban J connectivity index is 1.44. The van der Waals surface area contributed by atoms with Gasteiger partial charge in [0.15, 0.2) is 5.16 Å². The van der Waals surface area contributed by atoms with Gasteiger partial charge in [0.1, 0.15) is 5.82 Å². The van der Waals surface area contributed by atoms with E-state index in [0.29, 0.717) is 11.7 Å². The van der Waals surface area contributed by atoms with Crippen LogP contribution >= 0.6 is 11.8 Å². The van der Waals surface area contributed by atoms with Gasteiger partial charge in [0, 0.05) is 19.5 Å². The van der Waals surface area contributed by atoms with E-state index in [2.05, 4.69) is 20.1 Å². The minimum Gasteiger partial charge on any atom is -0.355 e. The van der Waals surface area contributed by atoms with Crippen LogP contribution < -0.4 is 5.32 Å². The summed E-state index contributed by atoms with van der Waals surface area (Å²) in [4.78, 5) is 12.0.